The smallest absolute Gasteiger partial charge is 0.315 e. The first-order valence-electron chi connectivity index (χ1n) is 8.74. The van der Waals surface area contributed by atoms with Gasteiger partial charge in [-0.3, -0.25) is 0 Å². The van der Waals surface area contributed by atoms with Gasteiger partial charge in [-0.05, 0) is 29.8 Å². The van der Waals surface area contributed by atoms with Crippen LogP contribution in [0.5, 0.6) is 5.75 Å². The third kappa shape index (κ3) is 5.62. The number of hydrogen-bond donors (Lipinski definition) is 3. The van der Waals surface area contributed by atoms with E-state index in [1.165, 1.54) is 0 Å². The SMILES string of the molecule is O=C(NCCOc1ccccc1)NC[C@H](O)c1ccc(-c2ccco2)cc1. The fraction of sp³-hybridized carbons (Fsp3) is 0.190. The summed E-state index contributed by atoms with van der Waals surface area (Å²) in [6.45, 7) is 0.856. The first kappa shape index (κ1) is 18.5. The number of aliphatic hydroxyl groups is 1. The summed E-state index contributed by atoms with van der Waals surface area (Å²) in [4.78, 5) is 11.8. The maximum Gasteiger partial charge on any atom is 0.315 e. The Kier molecular flexibility index (Phi) is 6.49. The summed E-state index contributed by atoms with van der Waals surface area (Å²) in [5, 5.41) is 15.6. The third-order valence-corrected chi connectivity index (χ3v) is 3.96. The van der Waals surface area contributed by atoms with Crippen molar-refractivity contribution in [2.24, 2.45) is 0 Å². The van der Waals surface area contributed by atoms with E-state index in [-0.39, 0.29) is 12.6 Å². The molecular formula is C21H22N2O4. The summed E-state index contributed by atoms with van der Waals surface area (Å²) in [7, 11) is 0. The zero-order valence-electron chi connectivity index (χ0n) is 14.8. The van der Waals surface area contributed by atoms with Gasteiger partial charge in [-0.1, -0.05) is 42.5 Å². The van der Waals surface area contributed by atoms with Gasteiger partial charge in [-0.15, -0.1) is 0 Å². The number of carbonyl (C=O) groups excluding carboxylic acids is 1. The molecule has 27 heavy (non-hydrogen) atoms. The first-order valence-corrected chi connectivity index (χ1v) is 8.74. The lowest BCUT2D eigenvalue weighted by Gasteiger charge is -2.13. The maximum absolute atomic E-state index is 11.8. The van der Waals surface area contributed by atoms with Crippen LogP contribution < -0.4 is 15.4 Å². The Balaban J connectivity index is 1.37. The van der Waals surface area contributed by atoms with Gasteiger partial charge >= 0.3 is 6.03 Å². The van der Waals surface area contributed by atoms with Gasteiger partial charge in [0.2, 0.25) is 0 Å². The van der Waals surface area contributed by atoms with Crippen LogP contribution in [0, 0.1) is 0 Å². The number of nitrogens with one attached hydrogen (secondary N) is 2. The fourth-order valence-corrected chi connectivity index (χ4v) is 2.53. The molecule has 140 valence electrons. The van der Waals surface area contributed by atoms with Gasteiger partial charge in [0.05, 0.1) is 18.9 Å². The molecule has 2 aromatic carbocycles. The molecule has 1 atom stereocenters. The molecule has 0 spiro atoms. The highest BCUT2D eigenvalue weighted by Gasteiger charge is 2.10. The Morgan fingerprint density at radius 3 is 2.48 bits per heavy atom. The number of carbonyl (C=O) groups is 1. The van der Waals surface area contributed by atoms with Crippen LogP contribution in [0.1, 0.15) is 11.7 Å². The number of rotatable bonds is 8. The van der Waals surface area contributed by atoms with E-state index in [1.54, 1.807) is 6.26 Å². The molecule has 0 fully saturated rings. The van der Waals surface area contributed by atoms with Gasteiger partial charge in [-0.25, -0.2) is 4.79 Å². The van der Waals surface area contributed by atoms with Crippen molar-refractivity contribution < 1.29 is 19.1 Å². The van der Waals surface area contributed by atoms with Crippen LogP contribution in [-0.2, 0) is 0 Å². The summed E-state index contributed by atoms with van der Waals surface area (Å²) in [6.07, 6.45) is 0.827. The first-order chi connectivity index (χ1) is 13.2. The Labute approximate surface area is 157 Å². The number of aliphatic hydroxyl groups excluding tert-OH is 1. The van der Waals surface area contributed by atoms with Crippen LogP contribution in [0.4, 0.5) is 4.79 Å². The molecule has 0 aliphatic heterocycles. The predicted molar refractivity (Wildman–Crippen MR) is 102 cm³/mol. The molecule has 6 nitrogen and oxygen atoms in total. The van der Waals surface area contributed by atoms with E-state index in [4.69, 9.17) is 9.15 Å². The lowest BCUT2D eigenvalue weighted by molar-refractivity contribution is 0.173. The van der Waals surface area contributed by atoms with Gasteiger partial charge < -0.3 is 24.9 Å². The molecule has 1 heterocycles. The number of furan rings is 1. The number of benzene rings is 2. The second-order valence-electron chi connectivity index (χ2n) is 5.91. The van der Waals surface area contributed by atoms with Crippen LogP contribution >= 0.6 is 0 Å². The molecule has 0 aliphatic carbocycles. The van der Waals surface area contributed by atoms with Crippen LogP contribution in [0.3, 0.4) is 0 Å². The summed E-state index contributed by atoms with van der Waals surface area (Å²) < 4.78 is 10.8. The Morgan fingerprint density at radius 2 is 1.78 bits per heavy atom. The Hall–Kier alpha value is -3.25. The van der Waals surface area contributed by atoms with Gasteiger partial charge in [0.25, 0.3) is 0 Å². The monoisotopic (exact) mass is 366 g/mol. The normalized spacial score (nSPS) is 11.6. The zero-order valence-corrected chi connectivity index (χ0v) is 14.8. The van der Waals surface area contributed by atoms with Crippen molar-refractivity contribution in [3.8, 4) is 17.1 Å². The zero-order chi connectivity index (χ0) is 18.9. The summed E-state index contributed by atoms with van der Waals surface area (Å²) in [5.74, 6) is 1.53. The molecule has 1 aromatic heterocycles. The minimum Gasteiger partial charge on any atom is -0.492 e. The van der Waals surface area contributed by atoms with E-state index in [1.807, 2.05) is 66.7 Å². The number of ether oxygens (including phenoxy) is 1. The molecule has 0 saturated carbocycles. The summed E-state index contributed by atoms with van der Waals surface area (Å²) >= 11 is 0. The van der Waals surface area contributed by atoms with Crippen molar-refractivity contribution in [2.75, 3.05) is 19.7 Å². The molecule has 2 amide bonds. The second-order valence-corrected chi connectivity index (χ2v) is 5.91. The largest absolute Gasteiger partial charge is 0.492 e. The van der Waals surface area contributed by atoms with Gasteiger partial charge in [0.1, 0.15) is 18.1 Å². The van der Waals surface area contributed by atoms with E-state index in [2.05, 4.69) is 10.6 Å². The molecular weight excluding hydrogens is 344 g/mol. The van der Waals surface area contributed by atoms with E-state index < -0.39 is 6.10 Å². The number of hydrogen-bond acceptors (Lipinski definition) is 4. The fourth-order valence-electron chi connectivity index (χ4n) is 2.53. The third-order valence-electron chi connectivity index (χ3n) is 3.96. The lowest BCUT2D eigenvalue weighted by Crippen LogP contribution is -2.39. The topological polar surface area (TPSA) is 83.7 Å². The molecule has 0 unspecified atom stereocenters. The Morgan fingerprint density at radius 1 is 1.00 bits per heavy atom. The van der Waals surface area contributed by atoms with Crippen molar-refractivity contribution in [3.63, 3.8) is 0 Å². The standard InChI is InChI=1S/C21H22N2O4/c24-19(16-8-10-17(11-9-16)20-7-4-13-27-20)15-23-21(25)22-12-14-26-18-5-2-1-3-6-18/h1-11,13,19,24H,12,14-15H2,(H2,22,23,25)/t19-/m0/s1. The molecule has 3 rings (SSSR count). The minimum absolute atomic E-state index is 0.117. The van der Waals surface area contributed by atoms with Gasteiger partial charge in [0.15, 0.2) is 0 Å². The van der Waals surface area contributed by atoms with E-state index in [9.17, 15) is 9.90 Å². The second kappa shape index (κ2) is 9.45. The Bertz CT molecular complexity index is 817. The van der Waals surface area contributed by atoms with Crippen LogP contribution in [0.2, 0.25) is 0 Å². The molecule has 3 aromatic rings. The maximum atomic E-state index is 11.8. The highest BCUT2D eigenvalue weighted by molar-refractivity contribution is 5.73. The molecule has 0 saturated heterocycles. The number of para-hydroxylation sites is 1. The molecule has 0 bridgehead atoms. The minimum atomic E-state index is -0.790. The highest BCUT2D eigenvalue weighted by atomic mass is 16.5. The van der Waals surface area contributed by atoms with E-state index in [0.29, 0.717) is 13.2 Å². The summed E-state index contributed by atoms with van der Waals surface area (Å²) in [6, 6.07) is 20.1. The molecule has 6 heteroatoms. The lowest BCUT2D eigenvalue weighted by atomic mass is 10.1. The van der Waals surface area contributed by atoms with Crippen LogP contribution in [0.15, 0.2) is 77.4 Å². The quantitative estimate of drug-likeness (QED) is 0.534. The van der Waals surface area contributed by atoms with Crippen molar-refractivity contribution >= 4 is 6.03 Å². The van der Waals surface area contributed by atoms with Crippen molar-refractivity contribution in [2.45, 2.75) is 6.10 Å². The van der Waals surface area contributed by atoms with Gasteiger partial charge in [0, 0.05) is 12.1 Å². The van der Waals surface area contributed by atoms with Gasteiger partial charge in [-0.2, -0.15) is 0 Å². The van der Waals surface area contributed by atoms with Crippen molar-refractivity contribution in [1.29, 1.82) is 0 Å². The van der Waals surface area contributed by atoms with Crippen molar-refractivity contribution in [1.82, 2.24) is 10.6 Å². The van der Waals surface area contributed by atoms with Crippen molar-refractivity contribution in [3.05, 3.63) is 78.6 Å². The average Bonchev–Trinajstić information content (AvgIpc) is 3.25. The predicted octanol–water partition coefficient (Wildman–Crippen LogP) is 3.36. The molecule has 3 N–H and O–H groups in total. The van der Waals surface area contributed by atoms with E-state index >= 15 is 0 Å². The van der Waals surface area contributed by atoms with Crippen LogP contribution in [-0.4, -0.2) is 30.8 Å². The average molecular weight is 366 g/mol. The number of amides is 2. The molecule has 0 radical (unpaired) electrons. The van der Waals surface area contributed by atoms with E-state index in [0.717, 1.165) is 22.6 Å². The van der Waals surface area contributed by atoms with Crippen LogP contribution in [0.25, 0.3) is 11.3 Å². The summed E-state index contributed by atoms with van der Waals surface area (Å²) in [5.41, 5.74) is 1.65. The molecule has 0 aliphatic rings. The number of urea groups is 1. The highest BCUT2D eigenvalue weighted by Crippen LogP contribution is 2.22.